The number of benzene rings is 2. The number of nitrogens with one attached hydrogen (secondary N) is 1. The molecule has 0 heterocycles. The van der Waals surface area contributed by atoms with Crippen LogP contribution in [0.25, 0.3) is 12.2 Å². The molecular weight excluding hydrogens is 338 g/mol. The molecule has 0 bridgehead atoms. The molecule has 1 N–H and O–H groups in total. The first kappa shape index (κ1) is 20.2. The van der Waals surface area contributed by atoms with Crippen LogP contribution in [0, 0.1) is 0 Å². The summed E-state index contributed by atoms with van der Waals surface area (Å²) in [5.74, 6) is -0.447. The molecule has 0 spiro atoms. The second-order valence-electron chi connectivity index (χ2n) is 6.31. The first-order valence-corrected chi connectivity index (χ1v) is 8.88. The van der Waals surface area contributed by atoms with E-state index in [2.05, 4.69) is 18.5 Å². The number of amides is 1. The Labute approximate surface area is 160 Å². The van der Waals surface area contributed by atoms with Gasteiger partial charge in [-0.15, -0.1) is 0 Å². The van der Waals surface area contributed by atoms with Crippen LogP contribution in [0.3, 0.4) is 0 Å². The highest BCUT2D eigenvalue weighted by Crippen LogP contribution is 2.22. The van der Waals surface area contributed by atoms with Crippen molar-refractivity contribution in [2.75, 3.05) is 6.61 Å². The van der Waals surface area contributed by atoms with Crippen LogP contribution in [0.5, 0.6) is 0 Å². The number of hydrogen-bond acceptors (Lipinski definition) is 3. The van der Waals surface area contributed by atoms with Gasteiger partial charge in [-0.1, -0.05) is 73.8 Å². The normalized spacial score (nSPS) is 10.7. The highest BCUT2D eigenvalue weighted by Gasteiger charge is 2.40. The molecule has 0 saturated carbocycles. The first-order valence-electron chi connectivity index (χ1n) is 8.88. The smallest absolute Gasteiger partial charge is 0.332 e. The zero-order valence-electron chi connectivity index (χ0n) is 15.6. The molecule has 2 aromatic rings. The third kappa shape index (κ3) is 5.17. The summed E-state index contributed by atoms with van der Waals surface area (Å²) in [6.45, 7) is 9.49. The molecule has 0 atom stereocenters. The SMILES string of the molecule is C=Cc1ccc(CC(Cc2ccc(C=C)cc2)(NC=O)C(=O)OCC)cc1. The van der Waals surface area contributed by atoms with E-state index < -0.39 is 11.5 Å². The zero-order chi connectivity index (χ0) is 19.7. The molecule has 0 radical (unpaired) electrons. The molecule has 2 aromatic carbocycles. The highest BCUT2D eigenvalue weighted by molar-refractivity contribution is 5.84. The predicted molar refractivity (Wildman–Crippen MR) is 109 cm³/mol. The largest absolute Gasteiger partial charge is 0.464 e. The summed E-state index contributed by atoms with van der Waals surface area (Å²) in [6.07, 6.45) is 4.73. The molecule has 0 aromatic heterocycles. The molecule has 140 valence electrons. The van der Waals surface area contributed by atoms with Crippen LogP contribution in [0.15, 0.2) is 61.7 Å². The molecular formula is C23H25NO3. The van der Waals surface area contributed by atoms with Crippen LogP contribution in [0.4, 0.5) is 0 Å². The lowest BCUT2D eigenvalue weighted by Gasteiger charge is -2.31. The Morgan fingerprint density at radius 3 is 1.74 bits per heavy atom. The maximum absolute atomic E-state index is 12.8. The van der Waals surface area contributed by atoms with E-state index in [0.29, 0.717) is 19.3 Å². The van der Waals surface area contributed by atoms with Gasteiger partial charge in [0.15, 0.2) is 0 Å². The molecule has 0 fully saturated rings. The second kappa shape index (κ2) is 9.53. The second-order valence-corrected chi connectivity index (χ2v) is 6.31. The third-order valence-electron chi connectivity index (χ3n) is 4.44. The van der Waals surface area contributed by atoms with Gasteiger partial charge in [0, 0.05) is 12.8 Å². The van der Waals surface area contributed by atoms with Crippen LogP contribution in [-0.2, 0) is 27.2 Å². The molecule has 0 saturated heterocycles. The van der Waals surface area contributed by atoms with Crippen LogP contribution in [-0.4, -0.2) is 24.5 Å². The van der Waals surface area contributed by atoms with Crippen molar-refractivity contribution in [3.8, 4) is 0 Å². The van der Waals surface area contributed by atoms with Crippen molar-refractivity contribution >= 4 is 24.5 Å². The van der Waals surface area contributed by atoms with Crippen LogP contribution < -0.4 is 5.32 Å². The number of carbonyl (C=O) groups is 2. The third-order valence-corrected chi connectivity index (χ3v) is 4.44. The van der Waals surface area contributed by atoms with Gasteiger partial charge in [0.25, 0.3) is 0 Å². The van der Waals surface area contributed by atoms with Crippen LogP contribution >= 0.6 is 0 Å². The predicted octanol–water partition coefficient (Wildman–Crippen LogP) is 3.81. The summed E-state index contributed by atoms with van der Waals surface area (Å²) in [4.78, 5) is 24.2. The van der Waals surface area contributed by atoms with E-state index in [4.69, 9.17) is 4.74 Å². The standard InChI is InChI=1S/C23H25NO3/c1-4-18-7-11-20(12-8-18)15-23(24-17-25,22(26)27-6-3)16-21-13-9-19(5-2)10-14-21/h4-5,7-14,17H,1-2,6,15-16H2,3H3,(H,24,25). The van der Waals surface area contributed by atoms with Gasteiger partial charge in [-0.25, -0.2) is 4.79 Å². The monoisotopic (exact) mass is 363 g/mol. The lowest BCUT2D eigenvalue weighted by Crippen LogP contribution is -2.56. The molecule has 27 heavy (non-hydrogen) atoms. The Morgan fingerprint density at radius 2 is 1.41 bits per heavy atom. The molecule has 0 aliphatic rings. The minimum Gasteiger partial charge on any atom is -0.464 e. The van der Waals surface area contributed by atoms with Crippen LogP contribution in [0.2, 0.25) is 0 Å². The quantitative estimate of drug-likeness (QED) is 0.516. The average molecular weight is 363 g/mol. The Balaban J connectivity index is 2.39. The summed E-state index contributed by atoms with van der Waals surface area (Å²) in [7, 11) is 0. The summed E-state index contributed by atoms with van der Waals surface area (Å²) >= 11 is 0. The lowest BCUT2D eigenvalue weighted by molar-refractivity contribution is -0.152. The summed E-state index contributed by atoms with van der Waals surface area (Å²) in [5, 5.41) is 2.74. The van der Waals surface area contributed by atoms with Gasteiger partial charge in [-0.2, -0.15) is 0 Å². The Hall–Kier alpha value is -3.14. The maximum atomic E-state index is 12.8. The fraction of sp³-hybridized carbons (Fsp3) is 0.217. The fourth-order valence-corrected chi connectivity index (χ4v) is 2.99. The van der Waals surface area contributed by atoms with Crippen molar-refractivity contribution in [3.63, 3.8) is 0 Å². The Bertz CT molecular complexity index is 738. The van der Waals surface area contributed by atoms with Crippen molar-refractivity contribution in [1.29, 1.82) is 0 Å². The lowest BCUT2D eigenvalue weighted by atomic mass is 9.84. The van der Waals surface area contributed by atoms with Gasteiger partial charge in [0.05, 0.1) is 6.61 Å². The molecule has 0 unspecified atom stereocenters. The molecule has 0 aliphatic carbocycles. The highest BCUT2D eigenvalue weighted by atomic mass is 16.5. The average Bonchev–Trinajstić information content (AvgIpc) is 2.69. The minimum absolute atomic E-state index is 0.242. The van der Waals surface area contributed by atoms with E-state index in [9.17, 15) is 9.59 Å². The number of rotatable bonds is 10. The van der Waals surface area contributed by atoms with E-state index in [1.165, 1.54) is 0 Å². The van der Waals surface area contributed by atoms with Crippen molar-refractivity contribution in [1.82, 2.24) is 5.32 Å². The van der Waals surface area contributed by atoms with E-state index in [1.807, 2.05) is 48.5 Å². The van der Waals surface area contributed by atoms with Crippen molar-refractivity contribution < 1.29 is 14.3 Å². The van der Waals surface area contributed by atoms with E-state index in [0.717, 1.165) is 22.3 Å². The van der Waals surface area contributed by atoms with Gasteiger partial charge in [-0.3, -0.25) is 4.79 Å². The van der Waals surface area contributed by atoms with Gasteiger partial charge in [0.1, 0.15) is 5.54 Å². The number of esters is 1. The Morgan fingerprint density at radius 1 is 0.963 bits per heavy atom. The van der Waals surface area contributed by atoms with Gasteiger partial charge < -0.3 is 10.1 Å². The maximum Gasteiger partial charge on any atom is 0.332 e. The molecule has 4 heteroatoms. The van der Waals surface area contributed by atoms with Gasteiger partial charge >= 0.3 is 5.97 Å². The van der Waals surface area contributed by atoms with Crippen molar-refractivity contribution in [2.24, 2.45) is 0 Å². The molecule has 0 aliphatic heterocycles. The summed E-state index contributed by atoms with van der Waals surface area (Å²) < 4.78 is 5.30. The molecule has 2 rings (SSSR count). The Kier molecular flexibility index (Phi) is 7.12. The van der Waals surface area contributed by atoms with E-state index in [1.54, 1.807) is 19.1 Å². The first-order chi connectivity index (χ1) is 13.1. The number of carbonyl (C=O) groups excluding carboxylic acids is 2. The summed E-state index contributed by atoms with van der Waals surface area (Å²) in [6, 6.07) is 15.4. The zero-order valence-corrected chi connectivity index (χ0v) is 15.6. The molecule has 4 nitrogen and oxygen atoms in total. The molecule has 1 amide bonds. The number of ether oxygens (including phenoxy) is 1. The van der Waals surface area contributed by atoms with Gasteiger partial charge in [-0.05, 0) is 29.2 Å². The van der Waals surface area contributed by atoms with Crippen molar-refractivity contribution in [2.45, 2.75) is 25.3 Å². The van der Waals surface area contributed by atoms with Crippen molar-refractivity contribution in [3.05, 3.63) is 83.9 Å². The summed E-state index contributed by atoms with van der Waals surface area (Å²) in [5.41, 5.74) is 2.65. The van der Waals surface area contributed by atoms with E-state index >= 15 is 0 Å². The topological polar surface area (TPSA) is 55.4 Å². The fourth-order valence-electron chi connectivity index (χ4n) is 2.99. The minimum atomic E-state index is -1.18. The van der Waals surface area contributed by atoms with E-state index in [-0.39, 0.29) is 6.61 Å². The van der Waals surface area contributed by atoms with Crippen LogP contribution in [0.1, 0.15) is 29.2 Å². The number of hydrogen-bond donors (Lipinski definition) is 1. The van der Waals surface area contributed by atoms with Gasteiger partial charge in [0.2, 0.25) is 6.41 Å².